The zero-order valence-electron chi connectivity index (χ0n) is 23.6. The Morgan fingerprint density at radius 3 is 2.38 bits per heavy atom. The standard InChI is InChI=1S/C29H40ClN3O5S2/c1-5-6-11-28(35)33(15-14-31-29(36)23(19-39)16-20(2)3)18-22-12-13-24(26(30)17-22)25-9-7-8-10-27(25)40(37,38)32-21(4)34/h7-10,12-13,17,20,23,39H,5-6,11,14-16,18-19H2,1-4H3,(H,31,36)(H,32,34)/t23-/m1/s1. The Balaban J connectivity index is 2.24. The molecule has 8 nitrogen and oxygen atoms in total. The zero-order valence-corrected chi connectivity index (χ0v) is 26.0. The number of benzene rings is 2. The van der Waals surface area contributed by atoms with Gasteiger partial charge in [-0.25, -0.2) is 13.1 Å². The quantitative estimate of drug-likeness (QED) is 0.244. The van der Waals surface area contributed by atoms with E-state index in [1.54, 1.807) is 41.3 Å². The molecule has 2 aromatic rings. The molecule has 220 valence electrons. The van der Waals surface area contributed by atoms with Gasteiger partial charge < -0.3 is 10.2 Å². The van der Waals surface area contributed by atoms with Gasteiger partial charge in [0.05, 0.1) is 4.90 Å². The predicted molar refractivity (Wildman–Crippen MR) is 163 cm³/mol. The summed E-state index contributed by atoms with van der Waals surface area (Å²) in [7, 11) is -4.09. The Labute approximate surface area is 248 Å². The third kappa shape index (κ3) is 10.1. The van der Waals surface area contributed by atoms with E-state index >= 15 is 0 Å². The normalized spacial score (nSPS) is 12.2. The van der Waals surface area contributed by atoms with Crippen LogP contribution < -0.4 is 10.0 Å². The number of unbranched alkanes of at least 4 members (excludes halogenated alkanes) is 1. The molecule has 0 aliphatic heterocycles. The molecule has 2 rings (SSSR count). The van der Waals surface area contributed by atoms with Crippen molar-refractivity contribution in [2.45, 2.75) is 64.8 Å². The summed E-state index contributed by atoms with van der Waals surface area (Å²) in [6, 6.07) is 11.5. The molecule has 2 aromatic carbocycles. The summed E-state index contributed by atoms with van der Waals surface area (Å²) in [5.74, 6) is -0.123. The average molecular weight is 610 g/mol. The van der Waals surface area contributed by atoms with E-state index in [2.05, 4.69) is 31.8 Å². The van der Waals surface area contributed by atoms with Gasteiger partial charge in [0.2, 0.25) is 17.7 Å². The Kier molecular flexibility index (Phi) is 13.5. The highest BCUT2D eigenvalue weighted by atomic mass is 35.5. The first-order chi connectivity index (χ1) is 18.9. The molecule has 2 N–H and O–H groups in total. The number of amides is 3. The summed E-state index contributed by atoms with van der Waals surface area (Å²) >= 11 is 10.9. The lowest BCUT2D eigenvalue weighted by atomic mass is 9.98. The van der Waals surface area contributed by atoms with Crippen molar-refractivity contribution in [1.29, 1.82) is 0 Å². The van der Waals surface area contributed by atoms with Crippen molar-refractivity contribution in [3.8, 4) is 11.1 Å². The van der Waals surface area contributed by atoms with Crippen LogP contribution in [0.25, 0.3) is 11.1 Å². The number of carbonyl (C=O) groups excluding carboxylic acids is 3. The number of halogens is 1. The lowest BCUT2D eigenvalue weighted by Gasteiger charge is -2.24. The Bertz CT molecular complexity index is 1280. The molecule has 3 amide bonds. The van der Waals surface area contributed by atoms with E-state index in [-0.39, 0.29) is 29.2 Å². The van der Waals surface area contributed by atoms with Crippen molar-refractivity contribution in [3.05, 3.63) is 53.1 Å². The molecular weight excluding hydrogens is 570 g/mol. The maximum absolute atomic E-state index is 13.0. The van der Waals surface area contributed by atoms with Gasteiger partial charge in [0, 0.05) is 60.8 Å². The lowest BCUT2D eigenvalue weighted by molar-refractivity contribution is -0.132. The second-order valence-electron chi connectivity index (χ2n) is 10.2. The van der Waals surface area contributed by atoms with E-state index in [4.69, 9.17) is 11.6 Å². The SMILES string of the molecule is CCCCC(=O)N(CCNC(=O)[C@@H](CS)CC(C)C)Cc1ccc(-c2ccccc2S(=O)(=O)NC(C)=O)c(Cl)c1. The van der Waals surface area contributed by atoms with Crippen LogP contribution in [0, 0.1) is 11.8 Å². The first kappa shape index (κ1) is 33.6. The number of hydrogen-bond acceptors (Lipinski definition) is 6. The van der Waals surface area contributed by atoms with E-state index in [1.807, 2.05) is 11.6 Å². The van der Waals surface area contributed by atoms with Crippen LogP contribution in [0.15, 0.2) is 47.4 Å². The third-order valence-electron chi connectivity index (χ3n) is 6.28. The summed E-state index contributed by atoms with van der Waals surface area (Å²) in [5, 5.41) is 3.26. The number of nitrogens with one attached hydrogen (secondary N) is 2. The van der Waals surface area contributed by atoms with Gasteiger partial charge in [-0.05, 0) is 36.5 Å². The van der Waals surface area contributed by atoms with Crippen molar-refractivity contribution >= 4 is 52.0 Å². The van der Waals surface area contributed by atoms with Crippen LogP contribution in [0.5, 0.6) is 0 Å². The van der Waals surface area contributed by atoms with Gasteiger partial charge in [0.15, 0.2) is 0 Å². The van der Waals surface area contributed by atoms with Crippen LogP contribution in [0.3, 0.4) is 0 Å². The molecule has 40 heavy (non-hydrogen) atoms. The van der Waals surface area contributed by atoms with Gasteiger partial charge in [-0.3, -0.25) is 14.4 Å². The predicted octanol–water partition coefficient (Wildman–Crippen LogP) is 5.06. The van der Waals surface area contributed by atoms with E-state index < -0.39 is 15.9 Å². The monoisotopic (exact) mass is 609 g/mol. The molecule has 11 heteroatoms. The van der Waals surface area contributed by atoms with Gasteiger partial charge in [0.1, 0.15) is 0 Å². The maximum atomic E-state index is 13.0. The van der Waals surface area contributed by atoms with Crippen molar-refractivity contribution in [2.24, 2.45) is 11.8 Å². The minimum absolute atomic E-state index is 0.0176. The topological polar surface area (TPSA) is 113 Å². The van der Waals surface area contributed by atoms with E-state index in [0.29, 0.717) is 47.3 Å². The first-order valence-corrected chi connectivity index (χ1v) is 16.0. The highest BCUT2D eigenvalue weighted by Crippen LogP contribution is 2.33. The molecular formula is C29H40ClN3O5S2. The summed E-state index contributed by atoms with van der Waals surface area (Å²) in [6.07, 6.45) is 2.79. The van der Waals surface area contributed by atoms with E-state index in [1.165, 1.54) is 6.07 Å². The van der Waals surface area contributed by atoms with Gasteiger partial charge in [-0.2, -0.15) is 12.6 Å². The minimum Gasteiger partial charge on any atom is -0.354 e. The molecule has 0 saturated carbocycles. The van der Waals surface area contributed by atoms with Gasteiger partial charge >= 0.3 is 0 Å². The number of nitrogens with zero attached hydrogens (tertiary/aromatic N) is 1. The molecule has 0 bridgehead atoms. The highest BCUT2D eigenvalue weighted by molar-refractivity contribution is 7.90. The molecule has 0 heterocycles. The summed E-state index contributed by atoms with van der Waals surface area (Å²) in [5.41, 5.74) is 1.60. The Morgan fingerprint density at radius 1 is 1.07 bits per heavy atom. The van der Waals surface area contributed by atoms with Crippen LogP contribution in [0.1, 0.15) is 58.9 Å². The molecule has 0 aromatic heterocycles. The molecule has 0 fully saturated rings. The van der Waals surface area contributed by atoms with Crippen LogP contribution in [-0.4, -0.2) is 49.9 Å². The summed E-state index contributed by atoms with van der Waals surface area (Å²) < 4.78 is 27.5. The van der Waals surface area contributed by atoms with Gasteiger partial charge in [-0.1, -0.05) is 69.1 Å². The van der Waals surface area contributed by atoms with Crippen molar-refractivity contribution in [2.75, 3.05) is 18.8 Å². The van der Waals surface area contributed by atoms with Crippen molar-refractivity contribution in [1.82, 2.24) is 14.9 Å². The number of sulfonamides is 1. The molecule has 0 saturated heterocycles. The second kappa shape index (κ2) is 16.0. The van der Waals surface area contributed by atoms with Crippen molar-refractivity contribution in [3.63, 3.8) is 0 Å². The Hall–Kier alpha value is -2.56. The second-order valence-corrected chi connectivity index (χ2v) is 12.6. The van der Waals surface area contributed by atoms with Gasteiger partial charge in [0.25, 0.3) is 10.0 Å². The third-order valence-corrected chi connectivity index (χ3v) is 8.52. The fourth-order valence-corrected chi connectivity index (χ4v) is 6.17. The van der Waals surface area contributed by atoms with Crippen LogP contribution in [0.4, 0.5) is 0 Å². The zero-order chi connectivity index (χ0) is 29.9. The van der Waals surface area contributed by atoms with Crippen molar-refractivity contribution < 1.29 is 22.8 Å². The first-order valence-electron chi connectivity index (χ1n) is 13.5. The summed E-state index contributed by atoms with van der Waals surface area (Å²) in [6.45, 7) is 8.22. The maximum Gasteiger partial charge on any atom is 0.264 e. The van der Waals surface area contributed by atoms with E-state index in [0.717, 1.165) is 31.7 Å². The number of hydrogen-bond donors (Lipinski definition) is 3. The average Bonchev–Trinajstić information content (AvgIpc) is 2.89. The molecule has 0 aliphatic carbocycles. The van der Waals surface area contributed by atoms with Gasteiger partial charge in [-0.15, -0.1) is 0 Å². The van der Waals surface area contributed by atoms with Crippen LogP contribution in [0.2, 0.25) is 5.02 Å². The van der Waals surface area contributed by atoms with Crippen LogP contribution in [-0.2, 0) is 31.0 Å². The van der Waals surface area contributed by atoms with E-state index in [9.17, 15) is 22.8 Å². The molecule has 0 unspecified atom stereocenters. The van der Waals surface area contributed by atoms with Crippen LogP contribution >= 0.6 is 24.2 Å². The number of carbonyl (C=O) groups is 3. The smallest absolute Gasteiger partial charge is 0.264 e. The molecule has 0 radical (unpaired) electrons. The number of rotatable bonds is 15. The fourth-order valence-electron chi connectivity index (χ4n) is 4.33. The highest BCUT2D eigenvalue weighted by Gasteiger charge is 2.22. The summed E-state index contributed by atoms with van der Waals surface area (Å²) in [4.78, 5) is 38.7. The molecule has 0 aliphatic rings. The lowest BCUT2D eigenvalue weighted by Crippen LogP contribution is -2.40. The minimum atomic E-state index is -4.09. The molecule has 1 atom stereocenters. The number of thiol groups is 1. The fraction of sp³-hybridized carbons (Fsp3) is 0.483. The largest absolute Gasteiger partial charge is 0.354 e. The molecule has 0 spiro atoms. The Morgan fingerprint density at radius 2 is 1.77 bits per heavy atom.